The Morgan fingerprint density at radius 2 is 1.80 bits per heavy atom. The predicted octanol–water partition coefficient (Wildman–Crippen LogP) is 1.80. The first kappa shape index (κ1) is 10.1. The molecule has 0 bridgehead atoms. The van der Waals surface area contributed by atoms with E-state index in [1.54, 1.807) is 12.1 Å². The summed E-state index contributed by atoms with van der Waals surface area (Å²) in [6.45, 7) is 0. The summed E-state index contributed by atoms with van der Waals surface area (Å²) in [5.74, 6) is 0.0286. The minimum absolute atomic E-state index is 0.0286. The fraction of sp³-hybridized carbons (Fsp3) is 0.0909. The molecule has 0 heterocycles. The number of anilines is 1. The maximum atomic E-state index is 10.7. The molecule has 0 amide bonds. The van der Waals surface area contributed by atoms with Crippen LogP contribution in [-0.4, -0.2) is 8.76 Å². The summed E-state index contributed by atoms with van der Waals surface area (Å²) in [4.78, 5) is 0. The normalized spacial score (nSPS) is 12.9. The highest BCUT2D eigenvalue weighted by atomic mass is 32.2. The van der Waals surface area contributed by atoms with E-state index in [0.29, 0.717) is 5.69 Å². The lowest BCUT2D eigenvalue weighted by molar-refractivity contribution is 0.536. The molecule has 2 N–H and O–H groups in total. The highest BCUT2D eigenvalue weighted by Gasteiger charge is 2.02. The lowest BCUT2D eigenvalue weighted by atomic mass is 10.0. The number of hydrogen-bond donors (Lipinski definition) is 1. The van der Waals surface area contributed by atoms with Gasteiger partial charge in [-0.1, -0.05) is 41.4 Å². The van der Waals surface area contributed by atoms with Gasteiger partial charge in [0.2, 0.25) is 0 Å². The average Bonchev–Trinajstić information content (AvgIpc) is 2.22. The van der Waals surface area contributed by atoms with E-state index in [4.69, 9.17) is 5.73 Å². The molecule has 4 heteroatoms. The summed E-state index contributed by atoms with van der Waals surface area (Å²) in [5.41, 5.74) is 7.26. The maximum absolute atomic E-state index is 10.7. The van der Waals surface area contributed by atoms with E-state index in [-0.39, 0.29) is 5.75 Å². The largest absolute Gasteiger partial charge is 0.772 e. The molecule has 0 fully saturated rings. The van der Waals surface area contributed by atoms with Crippen LogP contribution in [0, 0.1) is 0 Å². The Morgan fingerprint density at radius 3 is 2.47 bits per heavy atom. The second-order valence-electron chi connectivity index (χ2n) is 3.31. The van der Waals surface area contributed by atoms with Crippen LogP contribution in [0.4, 0.5) is 5.69 Å². The van der Waals surface area contributed by atoms with Crippen molar-refractivity contribution in [3.63, 3.8) is 0 Å². The molecule has 1 unspecified atom stereocenters. The first-order valence-electron chi connectivity index (χ1n) is 4.50. The SMILES string of the molecule is Nc1ccc(CS(=O)[O-])c2ccccc12. The molecular formula is C11H10NO2S-. The molecule has 0 aliphatic carbocycles. The smallest absolute Gasteiger partial charge is 0.0393 e. The zero-order chi connectivity index (χ0) is 10.8. The van der Waals surface area contributed by atoms with Crippen LogP contribution in [0.3, 0.4) is 0 Å². The minimum atomic E-state index is -2.07. The summed E-state index contributed by atoms with van der Waals surface area (Å²) in [6, 6.07) is 11.0. The Balaban J connectivity index is 2.66. The van der Waals surface area contributed by atoms with Crippen LogP contribution in [0.2, 0.25) is 0 Å². The molecule has 2 rings (SSSR count). The van der Waals surface area contributed by atoms with Gasteiger partial charge in [-0.2, -0.15) is 0 Å². The molecule has 3 nitrogen and oxygen atoms in total. The van der Waals surface area contributed by atoms with E-state index in [1.165, 1.54) is 0 Å². The van der Waals surface area contributed by atoms with E-state index < -0.39 is 11.1 Å². The highest BCUT2D eigenvalue weighted by Crippen LogP contribution is 2.25. The van der Waals surface area contributed by atoms with Crippen LogP contribution in [-0.2, 0) is 16.8 Å². The third-order valence-corrected chi connectivity index (χ3v) is 2.87. The number of hydrogen-bond acceptors (Lipinski definition) is 3. The molecular weight excluding hydrogens is 210 g/mol. The molecule has 0 aromatic heterocycles. The Morgan fingerprint density at radius 1 is 1.13 bits per heavy atom. The van der Waals surface area contributed by atoms with E-state index in [0.717, 1.165) is 16.3 Å². The van der Waals surface area contributed by atoms with Crippen LogP contribution in [0.15, 0.2) is 36.4 Å². The van der Waals surface area contributed by atoms with Crippen molar-refractivity contribution in [1.29, 1.82) is 0 Å². The molecule has 15 heavy (non-hydrogen) atoms. The number of rotatable bonds is 2. The van der Waals surface area contributed by atoms with Gasteiger partial charge in [0.15, 0.2) is 0 Å². The number of nitrogens with two attached hydrogens (primary N) is 1. The van der Waals surface area contributed by atoms with Gasteiger partial charge in [-0.15, -0.1) is 0 Å². The average molecular weight is 220 g/mol. The second-order valence-corrected chi connectivity index (χ2v) is 4.20. The van der Waals surface area contributed by atoms with E-state index in [1.807, 2.05) is 24.3 Å². The molecule has 0 spiro atoms. The summed E-state index contributed by atoms with van der Waals surface area (Å²) in [7, 11) is 0. The summed E-state index contributed by atoms with van der Waals surface area (Å²) in [5, 5.41) is 1.81. The fourth-order valence-corrected chi connectivity index (χ4v) is 2.14. The lowest BCUT2D eigenvalue weighted by Gasteiger charge is -2.10. The summed E-state index contributed by atoms with van der Waals surface area (Å²) >= 11 is -2.07. The molecule has 78 valence electrons. The van der Waals surface area contributed by atoms with Gasteiger partial charge in [0.05, 0.1) is 0 Å². The molecule has 0 radical (unpaired) electrons. The molecule has 0 aliphatic rings. The minimum Gasteiger partial charge on any atom is -0.772 e. The number of fused-ring (bicyclic) bond motifs is 1. The summed E-state index contributed by atoms with van der Waals surface area (Å²) in [6.07, 6.45) is 0. The van der Waals surface area contributed by atoms with Crippen LogP contribution >= 0.6 is 0 Å². The van der Waals surface area contributed by atoms with Gasteiger partial charge in [0.1, 0.15) is 0 Å². The number of nitrogen functional groups attached to an aromatic ring is 1. The topological polar surface area (TPSA) is 66.2 Å². The Bertz CT molecular complexity index is 525. The Kier molecular flexibility index (Phi) is 2.70. The monoisotopic (exact) mass is 220 g/mol. The van der Waals surface area contributed by atoms with Crippen molar-refractivity contribution < 1.29 is 8.76 Å². The van der Waals surface area contributed by atoms with Crippen LogP contribution in [0.1, 0.15) is 5.56 Å². The molecule has 1 atom stereocenters. The molecule has 0 saturated heterocycles. The van der Waals surface area contributed by atoms with Crippen molar-refractivity contribution >= 4 is 27.5 Å². The van der Waals surface area contributed by atoms with Gasteiger partial charge in [-0.25, -0.2) is 0 Å². The van der Waals surface area contributed by atoms with Crippen LogP contribution < -0.4 is 5.73 Å². The van der Waals surface area contributed by atoms with Gasteiger partial charge in [0.25, 0.3) is 0 Å². The van der Waals surface area contributed by atoms with E-state index in [2.05, 4.69) is 0 Å². The lowest BCUT2D eigenvalue weighted by Crippen LogP contribution is -1.96. The zero-order valence-corrected chi connectivity index (χ0v) is 8.79. The van der Waals surface area contributed by atoms with Crippen LogP contribution in [0.25, 0.3) is 10.8 Å². The predicted molar refractivity (Wildman–Crippen MR) is 61.0 cm³/mol. The van der Waals surface area contributed by atoms with Gasteiger partial charge >= 0.3 is 0 Å². The van der Waals surface area contributed by atoms with Crippen molar-refractivity contribution in [1.82, 2.24) is 0 Å². The molecule has 0 saturated carbocycles. The standard InChI is InChI=1S/C11H11NO2S/c12-11-6-5-8(7-15(13)14)9-3-1-2-4-10(9)11/h1-6H,7,12H2,(H,13,14)/p-1. The Labute approximate surface area is 90.2 Å². The number of benzene rings is 2. The van der Waals surface area contributed by atoms with Gasteiger partial charge < -0.3 is 10.3 Å². The fourth-order valence-electron chi connectivity index (χ4n) is 1.64. The molecule has 2 aromatic carbocycles. The van der Waals surface area contributed by atoms with Crippen molar-refractivity contribution in [2.45, 2.75) is 5.75 Å². The Hall–Kier alpha value is -1.39. The third-order valence-electron chi connectivity index (χ3n) is 2.32. The van der Waals surface area contributed by atoms with Crippen molar-refractivity contribution in [2.24, 2.45) is 0 Å². The first-order valence-corrected chi connectivity index (χ1v) is 5.75. The third kappa shape index (κ3) is 2.00. The van der Waals surface area contributed by atoms with Gasteiger partial charge in [-0.3, -0.25) is 4.21 Å². The second kappa shape index (κ2) is 4.00. The van der Waals surface area contributed by atoms with E-state index in [9.17, 15) is 8.76 Å². The van der Waals surface area contributed by atoms with E-state index >= 15 is 0 Å². The van der Waals surface area contributed by atoms with Crippen LogP contribution in [0.5, 0.6) is 0 Å². The van der Waals surface area contributed by atoms with Crippen molar-refractivity contribution in [3.8, 4) is 0 Å². The van der Waals surface area contributed by atoms with Crippen molar-refractivity contribution in [3.05, 3.63) is 42.0 Å². The van der Waals surface area contributed by atoms with Gasteiger partial charge in [-0.05, 0) is 17.0 Å². The molecule has 0 aliphatic heterocycles. The summed E-state index contributed by atoms with van der Waals surface area (Å²) < 4.78 is 21.3. The quantitative estimate of drug-likeness (QED) is 0.620. The maximum Gasteiger partial charge on any atom is 0.0393 e. The van der Waals surface area contributed by atoms with Crippen molar-refractivity contribution in [2.75, 3.05) is 5.73 Å². The van der Waals surface area contributed by atoms with Gasteiger partial charge in [0, 0.05) is 16.8 Å². The zero-order valence-electron chi connectivity index (χ0n) is 7.97. The highest BCUT2D eigenvalue weighted by molar-refractivity contribution is 7.78. The first-order chi connectivity index (χ1) is 7.18. The molecule has 2 aromatic rings.